The highest BCUT2D eigenvalue weighted by Gasteiger charge is 2.14. The van der Waals surface area contributed by atoms with E-state index in [1.54, 1.807) is 24.7 Å². The van der Waals surface area contributed by atoms with Crippen molar-refractivity contribution in [3.05, 3.63) is 83.4 Å². The number of fused-ring (bicyclic) bond motifs is 1. The second-order valence-corrected chi connectivity index (χ2v) is 5.75. The lowest BCUT2D eigenvalue weighted by molar-refractivity contribution is 0.603. The van der Waals surface area contributed by atoms with Gasteiger partial charge < -0.3 is 14.6 Å². The summed E-state index contributed by atoms with van der Waals surface area (Å²) in [6, 6.07) is 16.5. The maximum Gasteiger partial charge on any atom is 0.204 e. The summed E-state index contributed by atoms with van der Waals surface area (Å²) in [5, 5.41) is 3.62. The van der Waals surface area contributed by atoms with Crippen molar-refractivity contribution in [1.29, 1.82) is 0 Å². The maximum atomic E-state index is 12.6. The molecule has 0 aliphatic rings. The lowest BCUT2D eigenvalue weighted by Gasteiger charge is -2.18. The summed E-state index contributed by atoms with van der Waals surface area (Å²) in [6.45, 7) is 0. The monoisotopic (exact) mass is 344 g/mol. The standard InChI is InChI=1S/C20H16N4O2/c1-24(15-7-3-2-4-8-15)18-12-17(25)16-9-11-22-20(19(16)26-18)23-14-6-5-10-21-13-14/h2-13H,1H3,(H,22,23). The molecule has 0 radical (unpaired) electrons. The average Bonchev–Trinajstić information content (AvgIpc) is 2.69. The van der Waals surface area contributed by atoms with Crippen LogP contribution in [-0.2, 0) is 0 Å². The first kappa shape index (κ1) is 15.8. The number of rotatable bonds is 4. The number of para-hydroxylation sites is 1. The van der Waals surface area contributed by atoms with Crippen LogP contribution >= 0.6 is 0 Å². The van der Waals surface area contributed by atoms with E-state index in [1.807, 2.05) is 54.4 Å². The molecular formula is C20H16N4O2. The van der Waals surface area contributed by atoms with Crippen molar-refractivity contribution in [2.45, 2.75) is 0 Å². The number of nitrogens with zero attached hydrogens (tertiary/aromatic N) is 3. The summed E-state index contributed by atoms with van der Waals surface area (Å²) in [7, 11) is 1.85. The van der Waals surface area contributed by atoms with E-state index in [1.165, 1.54) is 6.07 Å². The molecule has 4 rings (SSSR count). The quantitative estimate of drug-likeness (QED) is 0.601. The molecule has 0 saturated heterocycles. The topological polar surface area (TPSA) is 71.3 Å². The minimum atomic E-state index is -0.124. The van der Waals surface area contributed by atoms with Gasteiger partial charge in [0.25, 0.3) is 0 Å². The van der Waals surface area contributed by atoms with Gasteiger partial charge in [-0.3, -0.25) is 9.78 Å². The minimum absolute atomic E-state index is 0.124. The third kappa shape index (κ3) is 3.00. The Kier molecular flexibility index (Phi) is 4.07. The molecule has 6 nitrogen and oxygen atoms in total. The van der Waals surface area contributed by atoms with Crippen LogP contribution in [0.4, 0.5) is 23.1 Å². The first-order chi connectivity index (χ1) is 12.7. The Labute approximate surface area is 149 Å². The van der Waals surface area contributed by atoms with Crippen LogP contribution in [0, 0.1) is 0 Å². The number of pyridine rings is 2. The molecule has 128 valence electrons. The normalized spacial score (nSPS) is 10.7. The smallest absolute Gasteiger partial charge is 0.204 e. The Bertz CT molecular complexity index is 1100. The summed E-state index contributed by atoms with van der Waals surface area (Å²) < 4.78 is 6.04. The lowest BCUT2D eigenvalue weighted by atomic mass is 10.2. The van der Waals surface area contributed by atoms with Crippen molar-refractivity contribution < 1.29 is 4.42 Å². The van der Waals surface area contributed by atoms with Crippen molar-refractivity contribution in [2.24, 2.45) is 0 Å². The summed E-state index contributed by atoms with van der Waals surface area (Å²) in [5.41, 5.74) is 1.96. The highest BCUT2D eigenvalue weighted by molar-refractivity contribution is 5.88. The minimum Gasteiger partial charge on any atom is -0.436 e. The Hall–Kier alpha value is -3.67. The van der Waals surface area contributed by atoms with Gasteiger partial charge in [-0.25, -0.2) is 4.98 Å². The van der Waals surface area contributed by atoms with Gasteiger partial charge in [-0.1, -0.05) is 18.2 Å². The summed E-state index contributed by atoms with van der Waals surface area (Å²) in [4.78, 5) is 22.8. The zero-order valence-electron chi connectivity index (χ0n) is 14.1. The third-order valence-electron chi connectivity index (χ3n) is 4.03. The van der Waals surface area contributed by atoms with Crippen LogP contribution in [0.25, 0.3) is 11.0 Å². The van der Waals surface area contributed by atoms with Crippen molar-refractivity contribution in [2.75, 3.05) is 17.3 Å². The summed E-state index contributed by atoms with van der Waals surface area (Å²) in [6.07, 6.45) is 4.95. The Morgan fingerprint density at radius 3 is 2.65 bits per heavy atom. The van der Waals surface area contributed by atoms with Gasteiger partial charge in [0.05, 0.1) is 17.3 Å². The first-order valence-electron chi connectivity index (χ1n) is 8.11. The SMILES string of the molecule is CN(c1ccccc1)c1cc(=O)c2ccnc(Nc3cccnc3)c2o1. The maximum absolute atomic E-state index is 12.6. The van der Waals surface area contributed by atoms with E-state index in [0.717, 1.165) is 11.4 Å². The van der Waals surface area contributed by atoms with E-state index in [-0.39, 0.29) is 5.43 Å². The fourth-order valence-electron chi connectivity index (χ4n) is 2.68. The zero-order valence-corrected chi connectivity index (χ0v) is 14.1. The summed E-state index contributed by atoms with van der Waals surface area (Å²) >= 11 is 0. The molecule has 4 aromatic rings. The van der Waals surface area contributed by atoms with Crippen LogP contribution in [0.5, 0.6) is 0 Å². The molecular weight excluding hydrogens is 328 g/mol. The number of anilines is 4. The van der Waals surface area contributed by atoms with E-state index in [4.69, 9.17) is 4.42 Å². The number of benzene rings is 1. The van der Waals surface area contributed by atoms with Crippen LogP contribution in [0.1, 0.15) is 0 Å². The van der Waals surface area contributed by atoms with Gasteiger partial charge in [0.2, 0.25) is 5.88 Å². The van der Waals surface area contributed by atoms with Crippen molar-refractivity contribution >= 4 is 34.0 Å². The fourth-order valence-corrected chi connectivity index (χ4v) is 2.68. The number of hydrogen-bond acceptors (Lipinski definition) is 6. The molecule has 26 heavy (non-hydrogen) atoms. The van der Waals surface area contributed by atoms with E-state index >= 15 is 0 Å². The van der Waals surface area contributed by atoms with Crippen LogP contribution < -0.4 is 15.6 Å². The molecule has 1 aromatic carbocycles. The Morgan fingerprint density at radius 2 is 1.88 bits per heavy atom. The fraction of sp³-hybridized carbons (Fsp3) is 0.0500. The zero-order chi connectivity index (χ0) is 17.9. The molecule has 0 aliphatic heterocycles. The molecule has 1 N–H and O–H groups in total. The predicted octanol–water partition coefficient (Wildman–Crippen LogP) is 4.09. The molecule has 0 fully saturated rings. The number of hydrogen-bond donors (Lipinski definition) is 1. The van der Waals surface area contributed by atoms with Gasteiger partial charge >= 0.3 is 0 Å². The van der Waals surface area contributed by atoms with Crippen LogP contribution in [0.2, 0.25) is 0 Å². The molecule has 3 heterocycles. The molecule has 0 unspecified atom stereocenters. The second kappa shape index (κ2) is 6.68. The number of aromatic nitrogens is 2. The Morgan fingerprint density at radius 1 is 1.04 bits per heavy atom. The highest BCUT2D eigenvalue weighted by Crippen LogP contribution is 2.28. The lowest BCUT2D eigenvalue weighted by Crippen LogP contribution is -2.13. The molecule has 0 aliphatic carbocycles. The summed E-state index contributed by atoms with van der Waals surface area (Å²) in [5.74, 6) is 0.909. The van der Waals surface area contributed by atoms with Crippen molar-refractivity contribution in [3.63, 3.8) is 0 Å². The predicted molar refractivity (Wildman–Crippen MR) is 102 cm³/mol. The van der Waals surface area contributed by atoms with Crippen molar-refractivity contribution in [3.8, 4) is 0 Å². The Balaban J connectivity index is 1.82. The van der Waals surface area contributed by atoms with E-state index in [0.29, 0.717) is 22.7 Å². The van der Waals surface area contributed by atoms with Crippen molar-refractivity contribution in [1.82, 2.24) is 9.97 Å². The van der Waals surface area contributed by atoms with E-state index in [9.17, 15) is 4.79 Å². The third-order valence-corrected chi connectivity index (χ3v) is 4.03. The first-order valence-corrected chi connectivity index (χ1v) is 8.11. The second-order valence-electron chi connectivity index (χ2n) is 5.75. The molecule has 0 atom stereocenters. The molecule has 0 saturated carbocycles. The largest absolute Gasteiger partial charge is 0.436 e. The molecule has 0 bridgehead atoms. The number of nitrogens with one attached hydrogen (secondary N) is 1. The van der Waals surface area contributed by atoms with E-state index in [2.05, 4.69) is 15.3 Å². The molecule has 0 amide bonds. The average molecular weight is 344 g/mol. The van der Waals surface area contributed by atoms with Gasteiger partial charge in [0.15, 0.2) is 16.8 Å². The van der Waals surface area contributed by atoms with Crippen LogP contribution in [0.3, 0.4) is 0 Å². The highest BCUT2D eigenvalue weighted by atomic mass is 16.4. The van der Waals surface area contributed by atoms with E-state index < -0.39 is 0 Å². The van der Waals surface area contributed by atoms with Gasteiger partial charge in [0.1, 0.15) is 0 Å². The van der Waals surface area contributed by atoms with Gasteiger partial charge in [-0.2, -0.15) is 0 Å². The van der Waals surface area contributed by atoms with Gasteiger partial charge in [-0.05, 0) is 30.3 Å². The molecule has 3 aromatic heterocycles. The van der Waals surface area contributed by atoms with Crippen LogP contribution in [-0.4, -0.2) is 17.0 Å². The molecule has 0 spiro atoms. The van der Waals surface area contributed by atoms with Gasteiger partial charge in [0, 0.05) is 31.2 Å². The van der Waals surface area contributed by atoms with Gasteiger partial charge in [-0.15, -0.1) is 0 Å². The molecule has 6 heteroatoms. The van der Waals surface area contributed by atoms with Crippen LogP contribution in [0.15, 0.2) is 82.4 Å².